The average Bonchev–Trinajstić information content (AvgIpc) is 2.33. The third-order valence-electron chi connectivity index (χ3n) is 2.59. The minimum Gasteiger partial charge on any atom is -0.457 e. The number of rotatable bonds is 3. The lowest BCUT2D eigenvalue weighted by Gasteiger charge is -2.14. The molecule has 5 heteroatoms. The Morgan fingerprint density at radius 2 is 1.89 bits per heavy atom. The lowest BCUT2D eigenvalue weighted by atomic mass is 10.1. The number of hydrogen-bond donors (Lipinski definition) is 1. The Morgan fingerprint density at radius 3 is 2.53 bits per heavy atom. The van der Waals surface area contributed by atoms with E-state index in [2.05, 4.69) is 15.9 Å². The molecule has 0 spiro atoms. The number of ether oxygens (including phenoxy) is 1. The molecular formula is C14H12BrF2NO. The number of benzene rings is 2. The summed E-state index contributed by atoms with van der Waals surface area (Å²) in [5.41, 5.74) is 5.99. The van der Waals surface area contributed by atoms with E-state index in [0.29, 0.717) is 4.47 Å². The second-order valence-corrected chi connectivity index (χ2v) is 4.97. The average molecular weight is 328 g/mol. The minimum atomic E-state index is -0.517. The van der Waals surface area contributed by atoms with Crippen LogP contribution in [-0.4, -0.2) is 0 Å². The Balaban J connectivity index is 2.38. The van der Waals surface area contributed by atoms with E-state index in [-0.39, 0.29) is 17.1 Å². The number of halogens is 3. The summed E-state index contributed by atoms with van der Waals surface area (Å²) in [6.45, 7) is 1.66. The van der Waals surface area contributed by atoms with Gasteiger partial charge in [0.15, 0.2) is 0 Å². The molecule has 2 nitrogen and oxygen atoms in total. The first-order valence-electron chi connectivity index (χ1n) is 5.66. The molecule has 0 aliphatic rings. The fraction of sp³-hybridized carbons (Fsp3) is 0.143. The van der Waals surface area contributed by atoms with Gasteiger partial charge in [0.25, 0.3) is 0 Å². The van der Waals surface area contributed by atoms with Gasteiger partial charge in [0.2, 0.25) is 0 Å². The third kappa shape index (κ3) is 3.11. The summed E-state index contributed by atoms with van der Waals surface area (Å²) in [6, 6.07) is 8.25. The van der Waals surface area contributed by atoms with Crippen molar-refractivity contribution in [2.24, 2.45) is 5.73 Å². The minimum absolute atomic E-state index is 0.269. The zero-order chi connectivity index (χ0) is 14.0. The van der Waals surface area contributed by atoms with E-state index >= 15 is 0 Å². The molecule has 1 unspecified atom stereocenters. The smallest absolute Gasteiger partial charge is 0.141 e. The molecule has 2 aromatic rings. The van der Waals surface area contributed by atoms with Crippen molar-refractivity contribution >= 4 is 15.9 Å². The largest absolute Gasteiger partial charge is 0.457 e. The molecule has 2 rings (SSSR count). The molecule has 0 fully saturated rings. The summed E-state index contributed by atoms with van der Waals surface area (Å²) in [6.07, 6.45) is 0. The molecule has 100 valence electrons. The molecule has 0 amide bonds. The molecular weight excluding hydrogens is 316 g/mol. The van der Waals surface area contributed by atoms with E-state index in [1.54, 1.807) is 19.1 Å². The monoisotopic (exact) mass is 327 g/mol. The highest BCUT2D eigenvalue weighted by atomic mass is 79.9. The van der Waals surface area contributed by atoms with Gasteiger partial charge in [0.05, 0.1) is 4.47 Å². The van der Waals surface area contributed by atoms with Crippen LogP contribution in [0.15, 0.2) is 40.9 Å². The van der Waals surface area contributed by atoms with Crippen molar-refractivity contribution in [2.45, 2.75) is 13.0 Å². The molecule has 2 N–H and O–H groups in total. The summed E-state index contributed by atoms with van der Waals surface area (Å²) >= 11 is 3.05. The van der Waals surface area contributed by atoms with Gasteiger partial charge in [-0.05, 0) is 47.1 Å². The van der Waals surface area contributed by atoms with Crippen molar-refractivity contribution in [2.75, 3.05) is 0 Å². The van der Waals surface area contributed by atoms with E-state index < -0.39 is 17.7 Å². The molecule has 0 heterocycles. The molecule has 1 atom stereocenters. The Bertz CT molecular complexity index is 602. The van der Waals surface area contributed by atoms with Gasteiger partial charge < -0.3 is 10.5 Å². The van der Waals surface area contributed by atoms with Gasteiger partial charge in [0, 0.05) is 17.7 Å². The molecule has 0 bridgehead atoms. The van der Waals surface area contributed by atoms with Crippen molar-refractivity contribution in [3.05, 3.63) is 58.1 Å². The van der Waals surface area contributed by atoms with E-state index in [4.69, 9.17) is 10.5 Å². The zero-order valence-electron chi connectivity index (χ0n) is 10.2. The van der Waals surface area contributed by atoms with Crippen LogP contribution >= 0.6 is 15.9 Å². The summed E-state index contributed by atoms with van der Waals surface area (Å²) in [4.78, 5) is 0. The maximum absolute atomic E-state index is 13.7. The normalized spacial score (nSPS) is 12.3. The van der Waals surface area contributed by atoms with Gasteiger partial charge in [-0.25, -0.2) is 8.78 Å². The summed E-state index contributed by atoms with van der Waals surface area (Å²) in [5, 5.41) is 0. The molecule has 0 saturated carbocycles. The summed E-state index contributed by atoms with van der Waals surface area (Å²) in [5.74, 6) is -0.314. The van der Waals surface area contributed by atoms with Crippen LogP contribution in [0.3, 0.4) is 0 Å². The predicted molar refractivity (Wildman–Crippen MR) is 73.2 cm³/mol. The third-order valence-corrected chi connectivity index (χ3v) is 3.23. The first-order valence-corrected chi connectivity index (χ1v) is 6.45. The van der Waals surface area contributed by atoms with Crippen LogP contribution in [-0.2, 0) is 0 Å². The maximum Gasteiger partial charge on any atom is 0.141 e. The van der Waals surface area contributed by atoms with Crippen molar-refractivity contribution in [3.63, 3.8) is 0 Å². The fourth-order valence-corrected chi connectivity index (χ4v) is 1.96. The number of hydrogen-bond acceptors (Lipinski definition) is 2. The van der Waals surface area contributed by atoms with E-state index in [9.17, 15) is 8.78 Å². The van der Waals surface area contributed by atoms with Crippen molar-refractivity contribution in [1.82, 2.24) is 0 Å². The van der Waals surface area contributed by atoms with E-state index in [1.165, 1.54) is 24.3 Å². The van der Waals surface area contributed by atoms with Crippen molar-refractivity contribution in [3.8, 4) is 11.5 Å². The van der Waals surface area contributed by atoms with Gasteiger partial charge in [-0.1, -0.05) is 6.07 Å². The lowest BCUT2D eigenvalue weighted by molar-refractivity contribution is 0.456. The second kappa shape index (κ2) is 5.67. The molecule has 0 saturated heterocycles. The van der Waals surface area contributed by atoms with Crippen molar-refractivity contribution in [1.29, 1.82) is 0 Å². The second-order valence-electron chi connectivity index (χ2n) is 4.12. The first kappa shape index (κ1) is 14.0. The number of nitrogens with two attached hydrogens (primary N) is 1. The molecule has 2 aromatic carbocycles. The predicted octanol–water partition coefficient (Wildman–Crippen LogP) is 4.54. The zero-order valence-corrected chi connectivity index (χ0v) is 11.7. The highest BCUT2D eigenvalue weighted by molar-refractivity contribution is 9.10. The SMILES string of the molecule is CC(N)c1c(F)cccc1Oc1ccc(Br)c(F)c1. The highest BCUT2D eigenvalue weighted by Crippen LogP contribution is 2.32. The molecule has 0 aliphatic carbocycles. The van der Waals surface area contributed by atoms with Crippen LogP contribution in [0.2, 0.25) is 0 Å². The van der Waals surface area contributed by atoms with Gasteiger partial charge in [-0.2, -0.15) is 0 Å². The Kier molecular flexibility index (Phi) is 4.17. The lowest BCUT2D eigenvalue weighted by Crippen LogP contribution is -2.09. The molecule has 0 radical (unpaired) electrons. The maximum atomic E-state index is 13.7. The van der Waals surface area contributed by atoms with Crippen LogP contribution in [0.25, 0.3) is 0 Å². The Labute approximate surface area is 118 Å². The van der Waals surface area contributed by atoms with Crippen LogP contribution in [0.5, 0.6) is 11.5 Å². The van der Waals surface area contributed by atoms with E-state index in [0.717, 1.165) is 0 Å². The molecule has 0 aliphatic heterocycles. The van der Waals surface area contributed by atoms with Crippen LogP contribution in [0.1, 0.15) is 18.5 Å². The van der Waals surface area contributed by atoms with Gasteiger partial charge in [-0.15, -0.1) is 0 Å². The molecule has 0 aromatic heterocycles. The Morgan fingerprint density at radius 1 is 1.16 bits per heavy atom. The van der Waals surface area contributed by atoms with Gasteiger partial charge in [-0.3, -0.25) is 0 Å². The highest BCUT2D eigenvalue weighted by Gasteiger charge is 2.14. The Hall–Kier alpha value is -1.46. The summed E-state index contributed by atoms with van der Waals surface area (Å²) in [7, 11) is 0. The first-order chi connectivity index (χ1) is 8.99. The molecule has 19 heavy (non-hydrogen) atoms. The van der Waals surface area contributed by atoms with Crippen LogP contribution in [0.4, 0.5) is 8.78 Å². The topological polar surface area (TPSA) is 35.2 Å². The van der Waals surface area contributed by atoms with Crippen molar-refractivity contribution < 1.29 is 13.5 Å². The van der Waals surface area contributed by atoms with Gasteiger partial charge >= 0.3 is 0 Å². The van der Waals surface area contributed by atoms with E-state index in [1.807, 2.05) is 0 Å². The summed E-state index contributed by atoms with van der Waals surface area (Å²) < 4.78 is 32.9. The standard InChI is InChI=1S/C14H12BrF2NO/c1-8(18)14-11(16)3-2-4-13(14)19-9-5-6-10(15)12(17)7-9/h2-8H,18H2,1H3. The van der Waals surface area contributed by atoms with Gasteiger partial charge in [0.1, 0.15) is 23.1 Å². The quantitative estimate of drug-likeness (QED) is 0.898. The van der Waals surface area contributed by atoms with Crippen LogP contribution < -0.4 is 10.5 Å². The van der Waals surface area contributed by atoms with Crippen LogP contribution in [0, 0.1) is 11.6 Å². The fourth-order valence-electron chi connectivity index (χ4n) is 1.72.